The summed E-state index contributed by atoms with van der Waals surface area (Å²) in [6.45, 7) is 0. The van der Waals surface area contributed by atoms with E-state index in [1.54, 1.807) is 0 Å². The first-order valence-corrected chi connectivity index (χ1v) is 8.34. The summed E-state index contributed by atoms with van der Waals surface area (Å²) in [6.07, 6.45) is -12.4. The van der Waals surface area contributed by atoms with Gasteiger partial charge in [0.15, 0.2) is 6.10 Å². The highest BCUT2D eigenvalue weighted by molar-refractivity contribution is 5.88. The molecule has 2 amide bonds. The molecule has 0 saturated carbocycles. The van der Waals surface area contributed by atoms with Crippen molar-refractivity contribution in [2.24, 2.45) is 0 Å². The van der Waals surface area contributed by atoms with E-state index >= 15 is 0 Å². The van der Waals surface area contributed by atoms with Gasteiger partial charge in [-0.2, -0.15) is 22.0 Å². The molecule has 2 atom stereocenters. The molecule has 1 aliphatic rings. The van der Waals surface area contributed by atoms with Crippen LogP contribution in [0.1, 0.15) is 17.2 Å². The largest absolute Gasteiger partial charge is 0.529 e. The number of carboxylic acid groups (broad SMARTS) is 1. The Kier molecular flexibility index (Phi) is 5.76. The van der Waals surface area contributed by atoms with Gasteiger partial charge in [-0.05, 0) is 30.2 Å². The SMILES string of the molecule is O=C([O-])N1C(=O)OC(c2ccnc(F)c2)C1Cc1cccc(OC(F)(F)C(F)F)c1. The average molecular weight is 431 g/mol. The van der Waals surface area contributed by atoms with Crippen molar-refractivity contribution >= 4 is 12.2 Å². The summed E-state index contributed by atoms with van der Waals surface area (Å²) < 4.78 is 73.4. The molecule has 0 radical (unpaired) electrons. The van der Waals surface area contributed by atoms with Crippen LogP contribution in [0.25, 0.3) is 0 Å². The average Bonchev–Trinajstić information content (AvgIpc) is 2.97. The van der Waals surface area contributed by atoms with E-state index in [-0.39, 0.29) is 22.4 Å². The third-order valence-electron chi connectivity index (χ3n) is 4.23. The Morgan fingerprint density at radius 3 is 2.67 bits per heavy atom. The summed E-state index contributed by atoms with van der Waals surface area (Å²) in [5.41, 5.74) is 0.257. The van der Waals surface area contributed by atoms with Crippen molar-refractivity contribution in [2.45, 2.75) is 31.1 Å². The fraction of sp³-hybridized carbons (Fsp3) is 0.278. The standard InChI is InChI=1S/C18H13F5N2O5/c19-13-8-10(4-5-24-13)14-12(25(16(26)27)17(28)29-14)7-9-2-1-3-11(6-9)30-18(22,23)15(20)21/h1-6,8,12,14-15H,7H2,(H,26,27)/p-1. The lowest BCUT2D eigenvalue weighted by Crippen LogP contribution is -2.47. The van der Waals surface area contributed by atoms with Crippen molar-refractivity contribution in [3.8, 4) is 5.75 Å². The van der Waals surface area contributed by atoms with Gasteiger partial charge in [0.05, 0.1) is 6.04 Å². The summed E-state index contributed by atoms with van der Waals surface area (Å²) in [4.78, 5) is 27.0. The molecular formula is C18H12F5N2O5-. The fourth-order valence-corrected chi connectivity index (χ4v) is 2.99. The van der Waals surface area contributed by atoms with Gasteiger partial charge in [0, 0.05) is 17.8 Å². The van der Waals surface area contributed by atoms with Crippen LogP contribution < -0.4 is 9.84 Å². The number of nitrogens with zero attached hydrogens (tertiary/aromatic N) is 2. The topological polar surface area (TPSA) is 91.8 Å². The summed E-state index contributed by atoms with van der Waals surface area (Å²) in [7, 11) is 0. The first-order chi connectivity index (χ1) is 14.1. The summed E-state index contributed by atoms with van der Waals surface area (Å²) >= 11 is 0. The zero-order valence-electron chi connectivity index (χ0n) is 14.8. The van der Waals surface area contributed by atoms with E-state index in [4.69, 9.17) is 4.74 Å². The molecule has 30 heavy (non-hydrogen) atoms. The number of alkyl halides is 4. The van der Waals surface area contributed by atoms with E-state index in [1.165, 1.54) is 18.2 Å². The lowest BCUT2D eigenvalue weighted by atomic mass is 9.96. The Morgan fingerprint density at radius 1 is 1.30 bits per heavy atom. The smallest absolute Gasteiger partial charge is 0.461 e. The number of rotatable bonds is 6. The van der Waals surface area contributed by atoms with Crippen molar-refractivity contribution < 1.29 is 46.1 Å². The highest BCUT2D eigenvalue weighted by atomic mass is 19.3. The van der Waals surface area contributed by atoms with Crippen LogP contribution >= 0.6 is 0 Å². The molecule has 1 aliphatic heterocycles. The molecule has 0 spiro atoms. The number of ether oxygens (including phenoxy) is 2. The number of hydrogen-bond acceptors (Lipinski definition) is 6. The van der Waals surface area contributed by atoms with Gasteiger partial charge >= 0.3 is 18.6 Å². The molecular weight excluding hydrogens is 419 g/mol. The second-order valence-electron chi connectivity index (χ2n) is 6.24. The predicted molar refractivity (Wildman–Crippen MR) is 86.2 cm³/mol. The van der Waals surface area contributed by atoms with Crippen LogP contribution in [0.4, 0.5) is 31.5 Å². The maximum atomic E-state index is 13.5. The Labute approximate surface area is 165 Å². The van der Waals surface area contributed by atoms with Crippen LogP contribution in [0, 0.1) is 5.95 Å². The van der Waals surface area contributed by atoms with Gasteiger partial charge in [-0.1, -0.05) is 12.1 Å². The zero-order valence-corrected chi connectivity index (χ0v) is 14.8. The number of halogens is 5. The van der Waals surface area contributed by atoms with Crippen LogP contribution in [0.15, 0.2) is 42.6 Å². The molecule has 1 aromatic heterocycles. The number of pyridine rings is 1. The number of aromatic nitrogens is 1. The molecule has 3 rings (SSSR count). The van der Waals surface area contributed by atoms with Gasteiger partial charge < -0.3 is 19.4 Å². The summed E-state index contributed by atoms with van der Waals surface area (Å²) in [5.74, 6) is -1.51. The van der Waals surface area contributed by atoms with E-state index in [9.17, 15) is 36.6 Å². The Morgan fingerprint density at radius 2 is 2.03 bits per heavy atom. The highest BCUT2D eigenvalue weighted by Crippen LogP contribution is 2.35. The third kappa shape index (κ3) is 4.42. The molecule has 2 aromatic rings. The number of amides is 2. The van der Waals surface area contributed by atoms with Gasteiger partial charge in [0.25, 0.3) is 0 Å². The summed E-state index contributed by atoms with van der Waals surface area (Å²) in [5, 5.41) is 11.4. The van der Waals surface area contributed by atoms with Gasteiger partial charge in [0.2, 0.25) is 5.95 Å². The normalized spacial score (nSPS) is 19.1. The molecule has 2 heterocycles. The Hall–Kier alpha value is -3.44. The number of imide groups is 1. The maximum Gasteiger partial charge on any atom is 0.461 e. The van der Waals surface area contributed by atoms with Crippen LogP contribution in [0.3, 0.4) is 0 Å². The molecule has 1 aromatic carbocycles. The first kappa shape index (κ1) is 21.3. The maximum absolute atomic E-state index is 13.5. The van der Waals surface area contributed by atoms with Gasteiger partial charge in [0.1, 0.15) is 11.8 Å². The monoisotopic (exact) mass is 431 g/mol. The number of benzene rings is 1. The zero-order chi connectivity index (χ0) is 22.1. The minimum Gasteiger partial charge on any atom is -0.529 e. The Balaban J connectivity index is 1.90. The number of cyclic esters (lactones) is 1. The molecule has 160 valence electrons. The van der Waals surface area contributed by atoms with Crippen molar-refractivity contribution in [3.63, 3.8) is 0 Å². The highest BCUT2D eigenvalue weighted by Gasteiger charge is 2.45. The van der Waals surface area contributed by atoms with Crippen LogP contribution in [-0.2, 0) is 11.2 Å². The number of carbonyl (C=O) groups is 2. The molecule has 7 nitrogen and oxygen atoms in total. The second kappa shape index (κ2) is 8.13. The van der Waals surface area contributed by atoms with Crippen LogP contribution in [-0.4, -0.2) is 40.6 Å². The summed E-state index contributed by atoms with van der Waals surface area (Å²) in [6, 6.07) is 5.55. The van der Waals surface area contributed by atoms with Crippen molar-refractivity contribution in [1.29, 1.82) is 0 Å². The van der Waals surface area contributed by atoms with Gasteiger partial charge in [-0.15, -0.1) is 0 Å². The van der Waals surface area contributed by atoms with Gasteiger partial charge in [-0.3, -0.25) is 4.90 Å². The van der Waals surface area contributed by atoms with Crippen molar-refractivity contribution in [2.75, 3.05) is 0 Å². The second-order valence-corrected chi connectivity index (χ2v) is 6.24. The number of carbonyl (C=O) groups excluding carboxylic acids is 2. The lowest BCUT2D eigenvalue weighted by molar-refractivity contribution is -0.262. The van der Waals surface area contributed by atoms with Crippen molar-refractivity contribution in [1.82, 2.24) is 9.88 Å². The molecule has 1 fully saturated rings. The fourth-order valence-electron chi connectivity index (χ4n) is 2.99. The first-order valence-electron chi connectivity index (χ1n) is 8.34. The van der Waals surface area contributed by atoms with E-state index in [0.29, 0.717) is 0 Å². The van der Waals surface area contributed by atoms with Crippen LogP contribution in [0.5, 0.6) is 5.75 Å². The van der Waals surface area contributed by atoms with Crippen molar-refractivity contribution in [3.05, 3.63) is 59.7 Å². The third-order valence-corrected chi connectivity index (χ3v) is 4.23. The predicted octanol–water partition coefficient (Wildman–Crippen LogP) is 2.91. The Bertz CT molecular complexity index is 958. The van der Waals surface area contributed by atoms with E-state index in [0.717, 1.165) is 24.4 Å². The molecule has 2 unspecified atom stereocenters. The molecule has 0 N–H and O–H groups in total. The molecule has 0 bridgehead atoms. The molecule has 1 saturated heterocycles. The van der Waals surface area contributed by atoms with E-state index in [1.807, 2.05) is 0 Å². The quantitative estimate of drug-likeness (QED) is 0.516. The van der Waals surface area contributed by atoms with Crippen LogP contribution in [0.2, 0.25) is 0 Å². The minimum absolute atomic E-state index is 0.0984. The molecule has 0 aliphatic carbocycles. The lowest BCUT2D eigenvalue weighted by Gasteiger charge is -2.25. The van der Waals surface area contributed by atoms with E-state index < -0.39 is 48.6 Å². The molecule has 12 heteroatoms. The minimum atomic E-state index is -4.74. The number of hydrogen-bond donors (Lipinski definition) is 0. The van der Waals surface area contributed by atoms with E-state index in [2.05, 4.69) is 9.72 Å². The van der Waals surface area contributed by atoms with Gasteiger partial charge in [-0.25, -0.2) is 9.78 Å².